The third-order valence-electron chi connectivity index (χ3n) is 4.37. The predicted octanol–water partition coefficient (Wildman–Crippen LogP) is 5.13. The van der Waals surface area contributed by atoms with Gasteiger partial charge in [0.1, 0.15) is 24.4 Å². The minimum atomic E-state index is -0.333. The summed E-state index contributed by atoms with van der Waals surface area (Å²) in [5, 5.41) is 1.11. The molecule has 2 aromatic heterocycles. The van der Waals surface area contributed by atoms with Crippen LogP contribution in [0.2, 0.25) is 10.0 Å². The Balaban J connectivity index is 0.00000261. The van der Waals surface area contributed by atoms with Crippen LogP contribution in [0.15, 0.2) is 30.5 Å². The number of halogens is 3. The second-order valence-corrected chi connectivity index (χ2v) is 6.75. The standard InChI is InChI=1S/C19H18Cl2N2O3.ClH/c1-11-12(2)23(9-17(24)25-3)19-16(6-7-22-18(11)19)26-10-13-4-5-14(20)8-15(13)21;/h4-8H,9-10H2,1-3H3;1H. The molecule has 8 heteroatoms. The highest BCUT2D eigenvalue weighted by Crippen LogP contribution is 2.32. The number of esters is 1. The Morgan fingerprint density at radius 2 is 1.96 bits per heavy atom. The van der Waals surface area contributed by atoms with Gasteiger partial charge < -0.3 is 14.0 Å². The maximum Gasteiger partial charge on any atom is 0.325 e. The van der Waals surface area contributed by atoms with E-state index in [-0.39, 0.29) is 31.5 Å². The second-order valence-electron chi connectivity index (χ2n) is 5.90. The van der Waals surface area contributed by atoms with Crippen LogP contribution in [0.4, 0.5) is 0 Å². The number of carbonyl (C=O) groups is 1. The molecule has 0 atom stereocenters. The van der Waals surface area contributed by atoms with Crippen LogP contribution in [-0.2, 0) is 22.7 Å². The molecular weight excluding hydrogens is 411 g/mol. The largest absolute Gasteiger partial charge is 0.487 e. The average Bonchev–Trinajstić information content (AvgIpc) is 2.86. The van der Waals surface area contributed by atoms with Gasteiger partial charge in [0.25, 0.3) is 0 Å². The summed E-state index contributed by atoms with van der Waals surface area (Å²) < 4.78 is 12.7. The Morgan fingerprint density at radius 1 is 1.22 bits per heavy atom. The molecule has 0 N–H and O–H groups in total. The zero-order valence-corrected chi connectivity index (χ0v) is 17.4. The zero-order valence-electron chi connectivity index (χ0n) is 15.1. The average molecular weight is 430 g/mol. The van der Waals surface area contributed by atoms with Crippen LogP contribution in [0.25, 0.3) is 11.0 Å². The van der Waals surface area contributed by atoms with E-state index in [9.17, 15) is 4.79 Å². The number of fused-ring (bicyclic) bond motifs is 1. The number of nitrogens with zero attached hydrogens (tertiary/aromatic N) is 2. The zero-order chi connectivity index (χ0) is 18.8. The first-order valence-electron chi connectivity index (χ1n) is 8.00. The lowest BCUT2D eigenvalue weighted by molar-refractivity contribution is -0.141. The van der Waals surface area contributed by atoms with E-state index in [0.717, 1.165) is 27.9 Å². The number of benzene rings is 1. The second kappa shape index (κ2) is 8.83. The summed E-state index contributed by atoms with van der Waals surface area (Å²) >= 11 is 12.2. The molecule has 0 saturated carbocycles. The molecule has 3 rings (SSSR count). The van der Waals surface area contributed by atoms with Crippen LogP contribution in [0.5, 0.6) is 5.75 Å². The molecule has 0 fully saturated rings. The van der Waals surface area contributed by atoms with Crippen molar-refractivity contribution in [3.8, 4) is 5.75 Å². The molecule has 0 aliphatic carbocycles. The van der Waals surface area contributed by atoms with Crippen LogP contribution in [0, 0.1) is 13.8 Å². The van der Waals surface area contributed by atoms with Crippen LogP contribution in [0.3, 0.4) is 0 Å². The van der Waals surface area contributed by atoms with Gasteiger partial charge in [0, 0.05) is 33.6 Å². The van der Waals surface area contributed by atoms with Crippen molar-refractivity contribution < 1.29 is 14.3 Å². The topological polar surface area (TPSA) is 53.4 Å². The fraction of sp³-hybridized carbons (Fsp3) is 0.263. The lowest BCUT2D eigenvalue weighted by Gasteiger charge is -2.12. The predicted molar refractivity (Wildman–Crippen MR) is 109 cm³/mol. The third-order valence-corrected chi connectivity index (χ3v) is 4.96. The number of aromatic nitrogens is 2. The quantitative estimate of drug-likeness (QED) is 0.527. The van der Waals surface area contributed by atoms with Crippen molar-refractivity contribution in [1.82, 2.24) is 9.55 Å². The first-order valence-corrected chi connectivity index (χ1v) is 8.76. The fourth-order valence-corrected chi connectivity index (χ4v) is 3.28. The molecule has 2 heterocycles. The summed E-state index contributed by atoms with van der Waals surface area (Å²) in [5.41, 5.74) is 4.32. The van der Waals surface area contributed by atoms with Gasteiger partial charge in [0.15, 0.2) is 0 Å². The molecule has 27 heavy (non-hydrogen) atoms. The minimum absolute atomic E-state index is 0. The summed E-state index contributed by atoms with van der Waals surface area (Å²) in [7, 11) is 1.37. The van der Waals surface area contributed by atoms with Crippen molar-refractivity contribution >= 4 is 52.6 Å². The molecule has 0 unspecified atom stereocenters. The Labute approximate surface area is 173 Å². The molecule has 0 spiro atoms. The summed E-state index contributed by atoms with van der Waals surface area (Å²) in [4.78, 5) is 16.3. The molecule has 0 saturated heterocycles. The number of methoxy groups -OCH3 is 1. The number of aryl methyl sites for hydroxylation is 1. The lowest BCUT2D eigenvalue weighted by Crippen LogP contribution is -2.13. The van der Waals surface area contributed by atoms with E-state index in [1.807, 2.05) is 24.5 Å². The SMILES string of the molecule is COC(=O)Cn1c(C)c(C)c2nccc(OCc3ccc(Cl)cc3Cl)c21.Cl. The van der Waals surface area contributed by atoms with Crippen molar-refractivity contribution in [1.29, 1.82) is 0 Å². The Bertz CT molecular complexity index is 986. The smallest absolute Gasteiger partial charge is 0.325 e. The van der Waals surface area contributed by atoms with Crippen LogP contribution < -0.4 is 4.74 Å². The maximum atomic E-state index is 11.8. The highest BCUT2D eigenvalue weighted by molar-refractivity contribution is 6.35. The summed E-state index contributed by atoms with van der Waals surface area (Å²) in [5.74, 6) is 0.293. The third kappa shape index (κ3) is 4.32. The van der Waals surface area contributed by atoms with Crippen LogP contribution in [0.1, 0.15) is 16.8 Å². The van der Waals surface area contributed by atoms with Gasteiger partial charge in [-0.3, -0.25) is 9.78 Å². The number of ether oxygens (including phenoxy) is 2. The Morgan fingerprint density at radius 3 is 2.63 bits per heavy atom. The summed E-state index contributed by atoms with van der Waals surface area (Å²) in [6.45, 7) is 4.28. The first kappa shape index (κ1) is 21.4. The van der Waals surface area contributed by atoms with Crippen molar-refractivity contribution in [2.24, 2.45) is 0 Å². The monoisotopic (exact) mass is 428 g/mol. The van der Waals surface area contributed by atoms with Gasteiger partial charge in [-0.15, -0.1) is 12.4 Å². The highest BCUT2D eigenvalue weighted by Gasteiger charge is 2.18. The molecule has 1 aromatic carbocycles. The van der Waals surface area contributed by atoms with Gasteiger partial charge in [-0.1, -0.05) is 29.3 Å². The molecule has 5 nitrogen and oxygen atoms in total. The molecular formula is C19H19Cl3N2O3. The highest BCUT2D eigenvalue weighted by atomic mass is 35.5. The van der Waals surface area contributed by atoms with E-state index >= 15 is 0 Å². The maximum absolute atomic E-state index is 11.8. The molecule has 0 aliphatic rings. The lowest BCUT2D eigenvalue weighted by atomic mass is 10.2. The van der Waals surface area contributed by atoms with Gasteiger partial charge in [0.05, 0.1) is 12.6 Å². The fourth-order valence-electron chi connectivity index (χ4n) is 2.82. The normalized spacial score (nSPS) is 10.6. The summed E-state index contributed by atoms with van der Waals surface area (Å²) in [6.07, 6.45) is 1.69. The molecule has 0 bridgehead atoms. The van der Waals surface area contributed by atoms with Gasteiger partial charge in [-0.25, -0.2) is 0 Å². The number of hydrogen-bond acceptors (Lipinski definition) is 4. The number of hydrogen-bond donors (Lipinski definition) is 0. The van der Waals surface area contributed by atoms with E-state index in [1.165, 1.54) is 7.11 Å². The van der Waals surface area contributed by atoms with E-state index < -0.39 is 0 Å². The number of carbonyl (C=O) groups excluding carboxylic acids is 1. The van der Waals surface area contributed by atoms with Crippen molar-refractivity contribution in [3.63, 3.8) is 0 Å². The molecule has 0 amide bonds. The van der Waals surface area contributed by atoms with Gasteiger partial charge >= 0.3 is 5.97 Å². The van der Waals surface area contributed by atoms with E-state index in [0.29, 0.717) is 15.8 Å². The molecule has 3 aromatic rings. The van der Waals surface area contributed by atoms with Gasteiger partial charge in [0.2, 0.25) is 0 Å². The first-order chi connectivity index (χ1) is 12.4. The van der Waals surface area contributed by atoms with Gasteiger partial charge in [-0.2, -0.15) is 0 Å². The van der Waals surface area contributed by atoms with Crippen molar-refractivity contribution in [3.05, 3.63) is 57.3 Å². The van der Waals surface area contributed by atoms with Crippen molar-refractivity contribution in [2.75, 3.05) is 7.11 Å². The van der Waals surface area contributed by atoms with Crippen LogP contribution >= 0.6 is 35.6 Å². The summed E-state index contributed by atoms with van der Waals surface area (Å²) in [6, 6.07) is 7.05. The van der Waals surface area contributed by atoms with Crippen molar-refractivity contribution in [2.45, 2.75) is 27.0 Å². The molecule has 144 valence electrons. The molecule has 0 aliphatic heterocycles. The number of rotatable bonds is 5. The number of pyridine rings is 1. The Kier molecular flexibility index (Phi) is 6.98. The Hall–Kier alpha value is -1.95. The van der Waals surface area contributed by atoms with E-state index in [2.05, 4.69) is 4.98 Å². The van der Waals surface area contributed by atoms with E-state index in [4.69, 9.17) is 32.7 Å². The van der Waals surface area contributed by atoms with Crippen LogP contribution in [-0.4, -0.2) is 22.6 Å². The van der Waals surface area contributed by atoms with Gasteiger partial charge in [-0.05, 0) is 31.5 Å². The molecule has 0 radical (unpaired) electrons. The van der Waals surface area contributed by atoms with E-state index in [1.54, 1.807) is 24.4 Å². The minimum Gasteiger partial charge on any atom is -0.487 e.